The molecule has 7 heteroatoms. The van der Waals surface area contributed by atoms with Gasteiger partial charge in [0.05, 0.1) is 0 Å². The van der Waals surface area contributed by atoms with Gasteiger partial charge in [-0.25, -0.2) is 9.97 Å². The van der Waals surface area contributed by atoms with Gasteiger partial charge < -0.3 is 11.1 Å². The number of halogens is 3. The van der Waals surface area contributed by atoms with E-state index in [0.29, 0.717) is 13.1 Å². The molecule has 1 saturated carbocycles. The molecule has 0 aromatic carbocycles. The Morgan fingerprint density at radius 1 is 1.25 bits per heavy atom. The lowest BCUT2D eigenvalue weighted by atomic mass is 9.74. The van der Waals surface area contributed by atoms with Gasteiger partial charge in [0.25, 0.3) is 0 Å². The third kappa shape index (κ3) is 3.59. The summed E-state index contributed by atoms with van der Waals surface area (Å²) >= 11 is 0. The number of anilines is 1. The fourth-order valence-corrected chi connectivity index (χ4v) is 2.62. The van der Waals surface area contributed by atoms with Crippen LogP contribution in [0.1, 0.15) is 37.8 Å². The Morgan fingerprint density at radius 2 is 1.95 bits per heavy atom. The van der Waals surface area contributed by atoms with Crippen LogP contribution >= 0.6 is 0 Å². The van der Waals surface area contributed by atoms with E-state index in [2.05, 4.69) is 15.3 Å². The second-order valence-corrected chi connectivity index (χ2v) is 5.38. The highest BCUT2D eigenvalue weighted by Gasteiger charge is 2.33. The third-order valence-electron chi connectivity index (χ3n) is 3.91. The largest absolute Gasteiger partial charge is 0.433 e. The van der Waals surface area contributed by atoms with Crippen molar-refractivity contribution in [1.82, 2.24) is 9.97 Å². The summed E-state index contributed by atoms with van der Waals surface area (Å²) in [5.41, 5.74) is 4.86. The first kappa shape index (κ1) is 15.0. The molecule has 2 rings (SSSR count). The fourth-order valence-electron chi connectivity index (χ4n) is 2.62. The summed E-state index contributed by atoms with van der Waals surface area (Å²) in [5, 5.41) is 2.92. The summed E-state index contributed by atoms with van der Waals surface area (Å²) in [7, 11) is 0. The Morgan fingerprint density at radius 3 is 2.55 bits per heavy atom. The van der Waals surface area contributed by atoms with E-state index in [4.69, 9.17) is 5.73 Å². The number of aromatic nitrogens is 2. The quantitative estimate of drug-likeness (QED) is 0.894. The highest BCUT2D eigenvalue weighted by molar-refractivity contribution is 5.26. The summed E-state index contributed by atoms with van der Waals surface area (Å²) in [5.74, 6) is 0.0122. The Hall–Kier alpha value is -1.37. The van der Waals surface area contributed by atoms with Crippen LogP contribution in [0.4, 0.5) is 19.1 Å². The lowest BCUT2D eigenvalue weighted by molar-refractivity contribution is -0.141. The molecule has 0 saturated heterocycles. The molecule has 1 fully saturated rings. The van der Waals surface area contributed by atoms with Gasteiger partial charge >= 0.3 is 6.18 Å². The van der Waals surface area contributed by atoms with Gasteiger partial charge in [0.1, 0.15) is 5.69 Å². The van der Waals surface area contributed by atoms with Crippen LogP contribution in [0.3, 0.4) is 0 Å². The maximum absolute atomic E-state index is 12.6. The molecule has 1 heterocycles. The van der Waals surface area contributed by atoms with Crippen LogP contribution in [0.2, 0.25) is 0 Å². The van der Waals surface area contributed by atoms with Crippen LogP contribution in [0.25, 0.3) is 0 Å². The maximum Gasteiger partial charge on any atom is 0.433 e. The molecule has 0 unspecified atom stereocenters. The molecule has 1 aromatic rings. The second kappa shape index (κ2) is 5.95. The van der Waals surface area contributed by atoms with Gasteiger partial charge in [-0.05, 0) is 30.9 Å². The molecule has 0 aliphatic heterocycles. The first-order valence-corrected chi connectivity index (χ1v) is 6.79. The Kier molecular flexibility index (Phi) is 4.47. The molecule has 112 valence electrons. The van der Waals surface area contributed by atoms with Crippen LogP contribution in [-0.4, -0.2) is 23.1 Å². The molecule has 1 aliphatic rings. The molecule has 0 atom stereocenters. The fraction of sp³-hybridized carbons (Fsp3) is 0.692. The molecular formula is C13H19F3N4. The zero-order valence-electron chi connectivity index (χ0n) is 11.2. The highest BCUT2D eigenvalue weighted by atomic mass is 19.4. The predicted molar refractivity (Wildman–Crippen MR) is 70.1 cm³/mol. The number of nitrogens with one attached hydrogen (secondary N) is 1. The number of nitrogens with zero attached hydrogens (tertiary/aromatic N) is 2. The molecule has 1 aromatic heterocycles. The zero-order valence-corrected chi connectivity index (χ0v) is 11.2. The number of alkyl halides is 3. The smallest absolute Gasteiger partial charge is 0.354 e. The molecule has 1 aliphatic carbocycles. The SMILES string of the molecule is NCC1(CNc2nccc(C(F)(F)F)n2)CCCCC1. The van der Waals surface area contributed by atoms with Gasteiger partial charge in [-0.2, -0.15) is 13.2 Å². The van der Waals surface area contributed by atoms with Crippen LogP contribution in [-0.2, 0) is 6.18 Å². The maximum atomic E-state index is 12.6. The van der Waals surface area contributed by atoms with Crippen molar-refractivity contribution in [3.05, 3.63) is 18.0 Å². The van der Waals surface area contributed by atoms with Gasteiger partial charge in [-0.1, -0.05) is 19.3 Å². The average molecular weight is 288 g/mol. The lowest BCUT2D eigenvalue weighted by Crippen LogP contribution is -2.39. The van der Waals surface area contributed by atoms with Gasteiger partial charge in [-0.15, -0.1) is 0 Å². The molecule has 0 radical (unpaired) electrons. The van der Waals surface area contributed by atoms with Gasteiger partial charge in [0.2, 0.25) is 5.95 Å². The van der Waals surface area contributed by atoms with E-state index in [1.165, 1.54) is 6.42 Å². The lowest BCUT2D eigenvalue weighted by Gasteiger charge is -2.36. The summed E-state index contributed by atoms with van der Waals surface area (Å²) in [4.78, 5) is 7.35. The van der Waals surface area contributed by atoms with E-state index in [-0.39, 0.29) is 11.4 Å². The molecule has 0 amide bonds. The minimum atomic E-state index is -4.45. The number of hydrogen-bond acceptors (Lipinski definition) is 4. The molecule has 4 nitrogen and oxygen atoms in total. The summed E-state index contributed by atoms with van der Waals surface area (Å²) in [6.45, 7) is 1.05. The topological polar surface area (TPSA) is 63.8 Å². The van der Waals surface area contributed by atoms with Gasteiger partial charge in [0.15, 0.2) is 0 Å². The summed E-state index contributed by atoms with van der Waals surface area (Å²) < 4.78 is 37.7. The van der Waals surface area contributed by atoms with Gasteiger partial charge in [0, 0.05) is 12.7 Å². The first-order chi connectivity index (χ1) is 9.45. The highest BCUT2D eigenvalue weighted by Crippen LogP contribution is 2.35. The normalized spacial score (nSPS) is 18.8. The molecule has 0 bridgehead atoms. The predicted octanol–water partition coefficient (Wildman–Crippen LogP) is 2.82. The van der Waals surface area contributed by atoms with Crippen molar-refractivity contribution >= 4 is 5.95 Å². The monoisotopic (exact) mass is 288 g/mol. The van der Waals surface area contributed by atoms with E-state index in [9.17, 15) is 13.2 Å². The standard InChI is InChI=1S/C13H19F3N4/c14-13(15,16)10-4-7-18-11(20-10)19-9-12(8-17)5-2-1-3-6-12/h4,7H,1-3,5-6,8-9,17H2,(H,18,19,20). The molecular weight excluding hydrogens is 269 g/mol. The number of nitrogens with two attached hydrogens (primary N) is 1. The first-order valence-electron chi connectivity index (χ1n) is 6.79. The number of rotatable bonds is 4. The van der Waals surface area contributed by atoms with E-state index in [1.807, 2.05) is 0 Å². The van der Waals surface area contributed by atoms with Crippen molar-refractivity contribution in [1.29, 1.82) is 0 Å². The van der Waals surface area contributed by atoms with Crippen LogP contribution in [0.15, 0.2) is 12.3 Å². The number of hydrogen-bond donors (Lipinski definition) is 2. The summed E-state index contributed by atoms with van der Waals surface area (Å²) in [6, 6.07) is 0.866. The van der Waals surface area contributed by atoms with E-state index < -0.39 is 11.9 Å². The van der Waals surface area contributed by atoms with Gasteiger partial charge in [-0.3, -0.25) is 0 Å². The molecule has 3 N–H and O–H groups in total. The van der Waals surface area contributed by atoms with E-state index in [1.54, 1.807) is 0 Å². The van der Waals surface area contributed by atoms with Crippen molar-refractivity contribution in [3.63, 3.8) is 0 Å². The zero-order chi connectivity index (χ0) is 14.6. The van der Waals surface area contributed by atoms with Crippen molar-refractivity contribution in [2.45, 2.75) is 38.3 Å². The molecule has 0 spiro atoms. The molecule has 20 heavy (non-hydrogen) atoms. The summed E-state index contributed by atoms with van der Waals surface area (Å²) in [6.07, 6.45) is 2.08. The Labute approximate surface area is 116 Å². The van der Waals surface area contributed by atoms with Crippen LogP contribution in [0.5, 0.6) is 0 Å². The Bertz CT molecular complexity index is 441. The van der Waals surface area contributed by atoms with Crippen molar-refractivity contribution in [2.24, 2.45) is 11.1 Å². The second-order valence-electron chi connectivity index (χ2n) is 5.38. The third-order valence-corrected chi connectivity index (χ3v) is 3.91. The van der Waals surface area contributed by atoms with Crippen molar-refractivity contribution in [3.8, 4) is 0 Å². The van der Waals surface area contributed by atoms with Crippen LogP contribution in [0, 0.1) is 5.41 Å². The average Bonchev–Trinajstić information content (AvgIpc) is 2.46. The minimum absolute atomic E-state index is 0.0122. The van der Waals surface area contributed by atoms with E-state index >= 15 is 0 Å². The van der Waals surface area contributed by atoms with Crippen molar-refractivity contribution in [2.75, 3.05) is 18.4 Å². The van der Waals surface area contributed by atoms with Crippen LogP contribution < -0.4 is 11.1 Å². The minimum Gasteiger partial charge on any atom is -0.354 e. The Balaban J connectivity index is 2.03. The van der Waals surface area contributed by atoms with Crippen molar-refractivity contribution < 1.29 is 13.2 Å². The van der Waals surface area contributed by atoms with E-state index in [0.717, 1.165) is 37.9 Å².